The lowest BCUT2D eigenvalue weighted by atomic mass is 10.1. The molecule has 0 saturated carbocycles. The maximum absolute atomic E-state index is 11.8. The first kappa shape index (κ1) is 14.0. The molecule has 6 nitrogen and oxygen atoms in total. The number of aliphatic hydroxyl groups is 1. The van der Waals surface area contributed by atoms with Crippen molar-refractivity contribution in [3.63, 3.8) is 0 Å². The lowest BCUT2D eigenvalue weighted by Crippen LogP contribution is -2.37. The molecule has 1 rings (SSSR count). The van der Waals surface area contributed by atoms with Gasteiger partial charge < -0.3 is 20.9 Å². The van der Waals surface area contributed by atoms with Gasteiger partial charge in [0.25, 0.3) is 5.91 Å². The van der Waals surface area contributed by atoms with Gasteiger partial charge in [-0.15, -0.1) is 0 Å². The summed E-state index contributed by atoms with van der Waals surface area (Å²) in [5.41, 5.74) is 7.23. The molecule has 0 spiro atoms. The summed E-state index contributed by atoms with van der Waals surface area (Å²) >= 11 is 0. The first-order chi connectivity index (χ1) is 8.45. The van der Waals surface area contributed by atoms with Crippen molar-refractivity contribution in [3.05, 3.63) is 29.3 Å². The number of anilines is 1. The summed E-state index contributed by atoms with van der Waals surface area (Å²) < 4.78 is 4.33. The quantitative estimate of drug-likeness (QED) is 0.510. The van der Waals surface area contributed by atoms with Gasteiger partial charge in [-0.05, 0) is 24.6 Å². The first-order valence-corrected chi connectivity index (χ1v) is 5.36. The molecule has 4 N–H and O–H groups in total. The molecule has 0 aliphatic rings. The highest BCUT2D eigenvalue weighted by molar-refractivity contribution is 5.96. The van der Waals surface area contributed by atoms with E-state index in [1.807, 2.05) is 0 Å². The van der Waals surface area contributed by atoms with E-state index in [9.17, 15) is 14.7 Å². The SMILES string of the molecule is COC(=O)C(O)CNC(=O)c1cc(N)ccc1C. The van der Waals surface area contributed by atoms with Crippen LogP contribution in [-0.4, -0.2) is 36.7 Å². The van der Waals surface area contributed by atoms with Crippen molar-refractivity contribution in [2.45, 2.75) is 13.0 Å². The number of nitrogen functional groups attached to an aromatic ring is 1. The fourth-order valence-electron chi connectivity index (χ4n) is 1.39. The van der Waals surface area contributed by atoms with Crippen molar-refractivity contribution in [2.24, 2.45) is 0 Å². The van der Waals surface area contributed by atoms with Crippen molar-refractivity contribution in [1.82, 2.24) is 5.32 Å². The molecule has 0 aromatic heterocycles. The molecule has 18 heavy (non-hydrogen) atoms. The summed E-state index contributed by atoms with van der Waals surface area (Å²) in [4.78, 5) is 22.7. The summed E-state index contributed by atoms with van der Waals surface area (Å²) in [6.45, 7) is 1.56. The number of rotatable bonds is 4. The van der Waals surface area contributed by atoms with E-state index in [1.54, 1.807) is 19.1 Å². The Morgan fingerprint density at radius 2 is 2.17 bits per heavy atom. The highest BCUT2D eigenvalue weighted by Crippen LogP contribution is 2.12. The zero-order valence-corrected chi connectivity index (χ0v) is 10.3. The van der Waals surface area contributed by atoms with Gasteiger partial charge in [-0.25, -0.2) is 4.79 Å². The minimum atomic E-state index is -1.37. The monoisotopic (exact) mass is 252 g/mol. The van der Waals surface area contributed by atoms with E-state index >= 15 is 0 Å². The van der Waals surface area contributed by atoms with E-state index in [2.05, 4.69) is 10.1 Å². The van der Waals surface area contributed by atoms with Gasteiger partial charge >= 0.3 is 5.97 Å². The maximum Gasteiger partial charge on any atom is 0.336 e. The second-order valence-electron chi connectivity index (χ2n) is 3.82. The molecule has 98 valence electrons. The van der Waals surface area contributed by atoms with Crippen LogP contribution in [0.3, 0.4) is 0 Å². The Labute approximate surface area is 105 Å². The van der Waals surface area contributed by atoms with Gasteiger partial charge in [0.1, 0.15) is 0 Å². The van der Waals surface area contributed by atoms with Crippen LogP contribution in [0.1, 0.15) is 15.9 Å². The van der Waals surface area contributed by atoms with Gasteiger partial charge in [0.2, 0.25) is 0 Å². The lowest BCUT2D eigenvalue weighted by molar-refractivity contribution is -0.149. The zero-order chi connectivity index (χ0) is 13.7. The van der Waals surface area contributed by atoms with Gasteiger partial charge in [0, 0.05) is 11.3 Å². The highest BCUT2D eigenvalue weighted by Gasteiger charge is 2.17. The molecule has 1 aromatic carbocycles. The number of carbonyl (C=O) groups excluding carboxylic acids is 2. The average Bonchev–Trinajstić information content (AvgIpc) is 2.37. The molecule has 1 amide bonds. The molecular formula is C12H16N2O4. The third-order valence-corrected chi connectivity index (χ3v) is 2.44. The number of carbonyl (C=O) groups is 2. The number of hydrogen-bond donors (Lipinski definition) is 3. The topological polar surface area (TPSA) is 102 Å². The van der Waals surface area contributed by atoms with Crippen LogP contribution in [-0.2, 0) is 9.53 Å². The number of hydrogen-bond acceptors (Lipinski definition) is 5. The van der Waals surface area contributed by atoms with Crippen molar-refractivity contribution in [2.75, 3.05) is 19.4 Å². The Morgan fingerprint density at radius 3 is 2.78 bits per heavy atom. The Balaban J connectivity index is 2.66. The van der Waals surface area contributed by atoms with Gasteiger partial charge in [-0.1, -0.05) is 6.07 Å². The summed E-state index contributed by atoms with van der Waals surface area (Å²) in [7, 11) is 1.16. The first-order valence-electron chi connectivity index (χ1n) is 5.36. The van der Waals surface area contributed by atoms with Crippen LogP contribution in [0, 0.1) is 6.92 Å². The number of aliphatic hydroxyl groups excluding tert-OH is 1. The number of ether oxygens (including phenoxy) is 1. The second-order valence-corrected chi connectivity index (χ2v) is 3.82. The lowest BCUT2D eigenvalue weighted by Gasteiger charge is -2.11. The van der Waals surface area contributed by atoms with Crippen molar-refractivity contribution < 1.29 is 19.4 Å². The predicted octanol–water partition coefficient (Wildman–Crippen LogP) is -0.159. The van der Waals surface area contributed by atoms with E-state index in [-0.39, 0.29) is 6.54 Å². The van der Waals surface area contributed by atoms with Crippen LogP contribution in [0.25, 0.3) is 0 Å². The number of nitrogens with one attached hydrogen (secondary N) is 1. The molecular weight excluding hydrogens is 236 g/mol. The van der Waals surface area contributed by atoms with E-state index < -0.39 is 18.0 Å². The van der Waals surface area contributed by atoms with E-state index in [0.717, 1.165) is 12.7 Å². The number of amides is 1. The number of esters is 1. The molecule has 0 radical (unpaired) electrons. The van der Waals surface area contributed by atoms with Crippen molar-refractivity contribution >= 4 is 17.6 Å². The molecule has 1 aromatic rings. The van der Waals surface area contributed by atoms with Crippen LogP contribution in [0.15, 0.2) is 18.2 Å². The molecule has 0 aliphatic carbocycles. The third kappa shape index (κ3) is 3.46. The van der Waals surface area contributed by atoms with Crippen LogP contribution in [0.2, 0.25) is 0 Å². The molecule has 1 unspecified atom stereocenters. The Bertz CT molecular complexity index is 459. The summed E-state index contributed by atoms with van der Waals surface area (Å²) in [5.74, 6) is -1.19. The fraction of sp³-hybridized carbons (Fsp3) is 0.333. The normalized spacial score (nSPS) is 11.7. The number of aryl methyl sites for hydroxylation is 1. The average molecular weight is 252 g/mol. The molecule has 0 heterocycles. The van der Waals surface area contributed by atoms with E-state index in [1.165, 1.54) is 6.07 Å². The van der Waals surface area contributed by atoms with Gasteiger partial charge in [-0.2, -0.15) is 0 Å². The standard InChI is InChI=1S/C12H16N2O4/c1-7-3-4-8(13)5-9(7)11(16)14-6-10(15)12(17)18-2/h3-5,10,15H,6,13H2,1-2H3,(H,14,16). The van der Waals surface area contributed by atoms with Gasteiger partial charge in [0.05, 0.1) is 13.7 Å². The van der Waals surface area contributed by atoms with Gasteiger partial charge in [0.15, 0.2) is 6.10 Å². The van der Waals surface area contributed by atoms with Crippen LogP contribution in [0.5, 0.6) is 0 Å². The maximum atomic E-state index is 11.8. The predicted molar refractivity (Wildman–Crippen MR) is 65.9 cm³/mol. The number of nitrogens with two attached hydrogens (primary N) is 1. The summed E-state index contributed by atoms with van der Waals surface area (Å²) in [6, 6.07) is 4.95. The molecule has 0 aliphatic heterocycles. The van der Waals surface area contributed by atoms with Gasteiger partial charge in [-0.3, -0.25) is 4.79 Å². The van der Waals surface area contributed by atoms with Crippen LogP contribution >= 0.6 is 0 Å². The third-order valence-electron chi connectivity index (χ3n) is 2.44. The minimum absolute atomic E-state index is 0.209. The molecule has 6 heteroatoms. The van der Waals surface area contributed by atoms with Crippen LogP contribution < -0.4 is 11.1 Å². The van der Waals surface area contributed by atoms with Crippen molar-refractivity contribution in [3.8, 4) is 0 Å². The molecule has 0 saturated heterocycles. The number of benzene rings is 1. The molecule has 0 bridgehead atoms. The summed E-state index contributed by atoms with van der Waals surface area (Å²) in [6.07, 6.45) is -1.37. The summed E-state index contributed by atoms with van der Waals surface area (Å²) in [5, 5.41) is 11.8. The molecule has 1 atom stereocenters. The zero-order valence-electron chi connectivity index (χ0n) is 10.3. The fourth-order valence-corrected chi connectivity index (χ4v) is 1.39. The Morgan fingerprint density at radius 1 is 1.50 bits per heavy atom. The van der Waals surface area contributed by atoms with Crippen LogP contribution in [0.4, 0.5) is 5.69 Å². The second kappa shape index (κ2) is 6.02. The smallest absolute Gasteiger partial charge is 0.336 e. The van der Waals surface area contributed by atoms with Crippen molar-refractivity contribution in [1.29, 1.82) is 0 Å². The van der Waals surface area contributed by atoms with E-state index in [0.29, 0.717) is 11.3 Å². The van der Waals surface area contributed by atoms with E-state index in [4.69, 9.17) is 5.73 Å². The largest absolute Gasteiger partial charge is 0.467 e. The Hall–Kier alpha value is -2.08. The number of methoxy groups -OCH3 is 1. The minimum Gasteiger partial charge on any atom is -0.467 e. The Kier molecular flexibility index (Phi) is 4.67. The molecule has 0 fully saturated rings. The highest BCUT2D eigenvalue weighted by atomic mass is 16.5.